The molecular weight excluding hydrogens is 214 g/mol. The Hall–Kier alpha value is -0.570. The van der Waals surface area contributed by atoms with Gasteiger partial charge in [-0.1, -0.05) is 26.2 Å². The highest BCUT2D eigenvalue weighted by Gasteiger charge is 2.34. The summed E-state index contributed by atoms with van der Waals surface area (Å²) in [4.78, 5) is 13.8. The van der Waals surface area contributed by atoms with Gasteiger partial charge in [-0.05, 0) is 39.7 Å². The number of carboxylic acid groups (broad SMARTS) is 1. The fraction of sp³-hybridized carbons (Fsp3) is 0.929. The topological polar surface area (TPSA) is 40.5 Å². The zero-order chi connectivity index (χ0) is 12.8. The minimum atomic E-state index is -0.598. The fourth-order valence-corrected chi connectivity index (χ4v) is 3.04. The summed E-state index contributed by atoms with van der Waals surface area (Å²) in [5.41, 5.74) is 0. The summed E-state index contributed by atoms with van der Waals surface area (Å²) < 4.78 is 0. The third kappa shape index (κ3) is 3.98. The summed E-state index contributed by atoms with van der Waals surface area (Å²) in [5.74, 6) is -0.759. The molecule has 0 aromatic carbocycles. The number of hydrogen-bond donors (Lipinski definition) is 1. The van der Waals surface area contributed by atoms with Crippen LogP contribution in [0.1, 0.15) is 59.3 Å². The van der Waals surface area contributed by atoms with Crippen LogP contribution in [0.15, 0.2) is 0 Å². The Kier molecular flexibility index (Phi) is 5.96. The first-order chi connectivity index (χ1) is 8.07. The molecule has 3 heteroatoms. The zero-order valence-electron chi connectivity index (χ0n) is 11.5. The summed E-state index contributed by atoms with van der Waals surface area (Å²) in [6.45, 7) is 7.55. The van der Waals surface area contributed by atoms with Crippen LogP contribution in [0.4, 0.5) is 0 Å². The Bertz CT molecular complexity index is 240. The van der Waals surface area contributed by atoms with Crippen molar-refractivity contribution in [3.8, 4) is 0 Å². The van der Waals surface area contributed by atoms with Crippen LogP contribution in [0, 0.1) is 5.92 Å². The van der Waals surface area contributed by atoms with E-state index in [1.54, 1.807) is 0 Å². The summed E-state index contributed by atoms with van der Waals surface area (Å²) in [7, 11) is 0. The minimum Gasteiger partial charge on any atom is -0.481 e. The standard InChI is InChI=1S/C14H27NO2/c1-4-10-15(11(2)3)13-9-7-5-6-8-12(13)14(16)17/h11-13H,4-10H2,1-3H3,(H,16,17). The van der Waals surface area contributed by atoms with Crippen molar-refractivity contribution in [2.45, 2.75) is 71.4 Å². The maximum absolute atomic E-state index is 11.4. The molecule has 0 aromatic rings. The molecule has 0 bridgehead atoms. The van der Waals surface area contributed by atoms with Crippen molar-refractivity contribution in [3.63, 3.8) is 0 Å². The molecule has 1 aliphatic carbocycles. The van der Waals surface area contributed by atoms with E-state index in [-0.39, 0.29) is 12.0 Å². The number of hydrogen-bond acceptors (Lipinski definition) is 2. The summed E-state index contributed by atoms with van der Waals surface area (Å²) in [6, 6.07) is 0.690. The highest BCUT2D eigenvalue weighted by atomic mass is 16.4. The number of aliphatic carboxylic acids is 1. The van der Waals surface area contributed by atoms with Crippen LogP contribution in [0.25, 0.3) is 0 Å². The maximum Gasteiger partial charge on any atom is 0.308 e. The first-order valence-corrected chi connectivity index (χ1v) is 7.06. The van der Waals surface area contributed by atoms with Crippen LogP contribution in [-0.2, 0) is 4.79 Å². The molecule has 0 radical (unpaired) electrons. The first kappa shape index (κ1) is 14.5. The second-order valence-electron chi connectivity index (χ2n) is 5.48. The van der Waals surface area contributed by atoms with E-state index >= 15 is 0 Å². The SMILES string of the molecule is CCCN(C(C)C)C1CCCCCC1C(=O)O. The van der Waals surface area contributed by atoms with Crippen LogP contribution in [0.5, 0.6) is 0 Å². The monoisotopic (exact) mass is 241 g/mol. The summed E-state index contributed by atoms with van der Waals surface area (Å²) >= 11 is 0. The van der Waals surface area contributed by atoms with Crippen molar-refractivity contribution in [2.75, 3.05) is 6.54 Å². The largest absolute Gasteiger partial charge is 0.481 e. The highest BCUT2D eigenvalue weighted by Crippen LogP contribution is 2.29. The van der Waals surface area contributed by atoms with Gasteiger partial charge in [-0.2, -0.15) is 0 Å². The Morgan fingerprint density at radius 1 is 1.29 bits per heavy atom. The average Bonchev–Trinajstić information content (AvgIpc) is 2.50. The van der Waals surface area contributed by atoms with Crippen LogP contribution in [0.2, 0.25) is 0 Å². The molecule has 1 rings (SSSR count). The molecule has 3 nitrogen and oxygen atoms in total. The molecule has 1 fully saturated rings. The van der Waals surface area contributed by atoms with Gasteiger partial charge in [0.05, 0.1) is 5.92 Å². The molecule has 0 spiro atoms. The van der Waals surface area contributed by atoms with Crippen molar-refractivity contribution < 1.29 is 9.90 Å². The number of carbonyl (C=O) groups is 1. The smallest absolute Gasteiger partial charge is 0.308 e. The van der Waals surface area contributed by atoms with Crippen molar-refractivity contribution in [1.29, 1.82) is 0 Å². The molecule has 0 aromatic heterocycles. The molecule has 0 heterocycles. The fourth-order valence-electron chi connectivity index (χ4n) is 3.04. The van der Waals surface area contributed by atoms with Gasteiger partial charge in [0.15, 0.2) is 0 Å². The second-order valence-corrected chi connectivity index (χ2v) is 5.48. The van der Waals surface area contributed by atoms with E-state index in [2.05, 4.69) is 25.7 Å². The van der Waals surface area contributed by atoms with Gasteiger partial charge in [0.1, 0.15) is 0 Å². The quantitative estimate of drug-likeness (QED) is 0.752. The van der Waals surface area contributed by atoms with Gasteiger partial charge in [-0.25, -0.2) is 0 Å². The van der Waals surface area contributed by atoms with Crippen LogP contribution < -0.4 is 0 Å². The van der Waals surface area contributed by atoms with Crippen molar-refractivity contribution in [3.05, 3.63) is 0 Å². The van der Waals surface area contributed by atoms with Gasteiger partial charge in [-0.3, -0.25) is 9.69 Å². The Morgan fingerprint density at radius 2 is 1.94 bits per heavy atom. The zero-order valence-corrected chi connectivity index (χ0v) is 11.5. The molecule has 0 amide bonds. The van der Waals surface area contributed by atoms with E-state index < -0.39 is 5.97 Å². The molecular formula is C14H27NO2. The van der Waals surface area contributed by atoms with Gasteiger partial charge < -0.3 is 5.11 Å². The molecule has 17 heavy (non-hydrogen) atoms. The number of rotatable bonds is 5. The van der Waals surface area contributed by atoms with E-state index in [9.17, 15) is 9.90 Å². The predicted octanol–water partition coefficient (Wildman–Crippen LogP) is 3.14. The van der Waals surface area contributed by atoms with Crippen LogP contribution in [-0.4, -0.2) is 34.6 Å². The number of nitrogens with zero attached hydrogens (tertiary/aromatic N) is 1. The van der Waals surface area contributed by atoms with Gasteiger partial charge in [0, 0.05) is 12.1 Å². The third-order valence-corrected chi connectivity index (χ3v) is 3.87. The van der Waals surface area contributed by atoms with Crippen molar-refractivity contribution in [1.82, 2.24) is 4.90 Å². The molecule has 1 saturated carbocycles. The van der Waals surface area contributed by atoms with E-state index in [1.165, 1.54) is 12.8 Å². The van der Waals surface area contributed by atoms with Gasteiger partial charge in [0.2, 0.25) is 0 Å². The van der Waals surface area contributed by atoms with E-state index in [1.807, 2.05) is 0 Å². The van der Waals surface area contributed by atoms with Crippen LogP contribution >= 0.6 is 0 Å². The Balaban J connectivity index is 2.81. The maximum atomic E-state index is 11.4. The van der Waals surface area contributed by atoms with Gasteiger partial charge in [0.25, 0.3) is 0 Å². The third-order valence-electron chi connectivity index (χ3n) is 3.87. The van der Waals surface area contributed by atoms with E-state index in [0.29, 0.717) is 6.04 Å². The minimum absolute atomic E-state index is 0.161. The predicted molar refractivity (Wildman–Crippen MR) is 70.1 cm³/mol. The molecule has 0 saturated heterocycles. The normalized spacial score (nSPS) is 26.2. The lowest BCUT2D eigenvalue weighted by molar-refractivity contribution is -0.145. The van der Waals surface area contributed by atoms with Gasteiger partial charge in [-0.15, -0.1) is 0 Å². The molecule has 2 atom stereocenters. The molecule has 100 valence electrons. The average molecular weight is 241 g/mol. The second kappa shape index (κ2) is 7.00. The lowest BCUT2D eigenvalue weighted by atomic mass is 9.92. The van der Waals surface area contributed by atoms with Crippen molar-refractivity contribution >= 4 is 5.97 Å². The molecule has 1 N–H and O–H groups in total. The summed E-state index contributed by atoms with van der Waals surface area (Å²) in [6.07, 6.45) is 6.45. The van der Waals surface area contributed by atoms with Crippen molar-refractivity contribution in [2.24, 2.45) is 5.92 Å². The first-order valence-electron chi connectivity index (χ1n) is 7.06. The lowest BCUT2D eigenvalue weighted by Crippen LogP contribution is -2.47. The molecule has 2 unspecified atom stereocenters. The molecule has 1 aliphatic rings. The molecule has 0 aliphatic heterocycles. The Labute approximate surface area is 105 Å². The lowest BCUT2D eigenvalue weighted by Gasteiger charge is -2.37. The number of carboxylic acids is 1. The van der Waals surface area contributed by atoms with E-state index in [0.717, 1.165) is 32.2 Å². The summed E-state index contributed by atoms with van der Waals surface area (Å²) in [5, 5.41) is 9.41. The highest BCUT2D eigenvalue weighted by molar-refractivity contribution is 5.70. The van der Waals surface area contributed by atoms with Crippen LogP contribution in [0.3, 0.4) is 0 Å². The Morgan fingerprint density at radius 3 is 2.47 bits per heavy atom. The van der Waals surface area contributed by atoms with E-state index in [4.69, 9.17) is 0 Å². The van der Waals surface area contributed by atoms with Gasteiger partial charge >= 0.3 is 5.97 Å².